The Morgan fingerprint density at radius 3 is 2.18 bits per heavy atom. The fraction of sp³-hybridized carbons (Fsp3) is 0.250. The maximum absolute atomic E-state index is 2.33. The summed E-state index contributed by atoms with van der Waals surface area (Å²) in [6, 6.07) is 13.0. The smallest absolute Gasteiger partial charge is 0.229 e. The largest absolute Gasteiger partial charge is 0.311 e. The molecule has 0 atom stereocenters. The third-order valence-corrected chi connectivity index (χ3v) is 4.26. The molecule has 0 fully saturated rings. The van der Waals surface area contributed by atoms with E-state index in [0.717, 1.165) is 0 Å². The highest BCUT2D eigenvalue weighted by molar-refractivity contribution is 5.63. The molecule has 0 radical (unpaired) electrons. The quantitative estimate of drug-likeness (QED) is 0.626. The van der Waals surface area contributed by atoms with Gasteiger partial charge in [-0.05, 0) is 56.5 Å². The Bertz CT molecular complexity index is 818. The maximum atomic E-state index is 2.33. The van der Waals surface area contributed by atoms with Gasteiger partial charge in [0.05, 0.1) is 5.69 Å². The third-order valence-electron chi connectivity index (χ3n) is 4.26. The van der Waals surface area contributed by atoms with Crippen molar-refractivity contribution in [2.75, 3.05) is 0 Å². The molecule has 3 aromatic rings. The van der Waals surface area contributed by atoms with Crippen molar-refractivity contribution in [3.8, 4) is 17.1 Å². The second-order valence-corrected chi connectivity index (χ2v) is 6.16. The summed E-state index contributed by atoms with van der Waals surface area (Å²) in [4.78, 5) is 0. The molecule has 0 saturated heterocycles. The van der Waals surface area contributed by atoms with E-state index >= 15 is 0 Å². The summed E-state index contributed by atoms with van der Waals surface area (Å²) in [6.07, 6.45) is 4.28. The Hall–Kier alpha value is -2.35. The molecule has 1 aromatic carbocycles. The van der Waals surface area contributed by atoms with Gasteiger partial charge < -0.3 is 4.57 Å². The van der Waals surface area contributed by atoms with Crippen molar-refractivity contribution in [1.29, 1.82) is 0 Å². The normalized spacial score (nSPS) is 11.0. The van der Waals surface area contributed by atoms with Crippen LogP contribution in [0.2, 0.25) is 0 Å². The van der Waals surface area contributed by atoms with Crippen molar-refractivity contribution in [1.82, 2.24) is 4.57 Å². The predicted molar refractivity (Wildman–Crippen MR) is 91.3 cm³/mol. The van der Waals surface area contributed by atoms with E-state index in [-0.39, 0.29) is 0 Å². The van der Waals surface area contributed by atoms with Gasteiger partial charge in [-0.25, -0.2) is 0 Å². The topological polar surface area (TPSA) is 8.81 Å². The van der Waals surface area contributed by atoms with Gasteiger partial charge in [-0.3, -0.25) is 0 Å². The van der Waals surface area contributed by atoms with E-state index in [1.54, 1.807) is 0 Å². The summed E-state index contributed by atoms with van der Waals surface area (Å²) in [7, 11) is 2.10. The van der Waals surface area contributed by atoms with Gasteiger partial charge in [-0.15, -0.1) is 0 Å². The van der Waals surface area contributed by atoms with Crippen molar-refractivity contribution in [2.24, 2.45) is 7.05 Å². The van der Waals surface area contributed by atoms with E-state index in [0.29, 0.717) is 0 Å². The predicted octanol–water partition coefficient (Wildman–Crippen LogP) is 4.20. The number of nitrogens with zero attached hydrogens (tertiary/aromatic N) is 2. The highest BCUT2D eigenvalue weighted by atomic mass is 15.0. The van der Waals surface area contributed by atoms with Gasteiger partial charge in [0.25, 0.3) is 0 Å². The number of aromatic nitrogens is 2. The molecule has 2 heteroatoms. The number of hydrogen-bond donors (Lipinski definition) is 0. The first kappa shape index (κ1) is 14.6. The van der Waals surface area contributed by atoms with Crippen molar-refractivity contribution in [2.45, 2.75) is 27.7 Å². The second-order valence-electron chi connectivity index (χ2n) is 6.16. The van der Waals surface area contributed by atoms with E-state index in [2.05, 4.69) is 92.7 Å². The number of benzene rings is 1. The number of hydrogen-bond acceptors (Lipinski definition) is 0. The zero-order valence-electron chi connectivity index (χ0n) is 14.0. The van der Waals surface area contributed by atoms with Crippen LogP contribution in [0.5, 0.6) is 0 Å². The fourth-order valence-corrected chi connectivity index (χ4v) is 3.36. The highest BCUT2D eigenvalue weighted by Gasteiger charge is 2.19. The van der Waals surface area contributed by atoms with Crippen LogP contribution in [0.3, 0.4) is 0 Å². The standard InChI is InChI=1S/C20H23N2/c1-14-12-16(3)19(17(4)13-14)22-11-9-15(2)20(22)18-8-6-7-10-21(18)5/h6-13H,1-5H3/q+1. The van der Waals surface area contributed by atoms with Crippen molar-refractivity contribution in [3.63, 3.8) is 0 Å². The minimum atomic E-state index is 1.23. The second kappa shape index (κ2) is 5.45. The lowest BCUT2D eigenvalue weighted by molar-refractivity contribution is -0.660. The molecule has 0 saturated carbocycles. The summed E-state index contributed by atoms with van der Waals surface area (Å²) in [6.45, 7) is 8.72. The molecule has 0 bridgehead atoms. The van der Waals surface area contributed by atoms with Crippen LogP contribution in [0.25, 0.3) is 17.1 Å². The van der Waals surface area contributed by atoms with Gasteiger partial charge in [-0.1, -0.05) is 17.7 Å². The average Bonchev–Trinajstić information content (AvgIpc) is 2.80. The minimum Gasteiger partial charge on any atom is -0.311 e. The lowest BCUT2D eigenvalue weighted by Gasteiger charge is -2.15. The van der Waals surface area contributed by atoms with Gasteiger partial charge in [0.15, 0.2) is 6.20 Å². The summed E-state index contributed by atoms with van der Waals surface area (Å²) in [5.74, 6) is 0. The monoisotopic (exact) mass is 291 g/mol. The molecule has 112 valence electrons. The molecule has 3 rings (SSSR count). The Kier molecular flexibility index (Phi) is 3.61. The van der Waals surface area contributed by atoms with Crippen LogP contribution in [0, 0.1) is 27.7 Å². The summed E-state index contributed by atoms with van der Waals surface area (Å²) in [5.41, 5.74) is 9.01. The Morgan fingerprint density at radius 1 is 0.864 bits per heavy atom. The molecule has 2 aromatic heterocycles. The molecule has 0 aliphatic rings. The van der Waals surface area contributed by atoms with E-state index < -0.39 is 0 Å². The van der Waals surface area contributed by atoms with Crippen molar-refractivity contribution >= 4 is 0 Å². The van der Waals surface area contributed by atoms with Gasteiger partial charge in [0, 0.05) is 18.3 Å². The zero-order chi connectivity index (χ0) is 15.9. The summed E-state index contributed by atoms with van der Waals surface area (Å²) < 4.78 is 4.51. The lowest BCUT2D eigenvalue weighted by atomic mass is 10.0. The molecule has 0 aliphatic heterocycles. The van der Waals surface area contributed by atoms with Crippen LogP contribution in [0.4, 0.5) is 0 Å². The van der Waals surface area contributed by atoms with Crippen LogP contribution in [-0.4, -0.2) is 4.57 Å². The lowest BCUT2D eigenvalue weighted by Crippen LogP contribution is -2.30. The molecular weight excluding hydrogens is 268 g/mol. The first-order chi connectivity index (χ1) is 10.5. The molecule has 0 spiro atoms. The molecule has 0 amide bonds. The third kappa shape index (κ3) is 2.35. The van der Waals surface area contributed by atoms with E-state index in [4.69, 9.17) is 0 Å². The summed E-state index contributed by atoms with van der Waals surface area (Å²) >= 11 is 0. The Morgan fingerprint density at radius 2 is 1.55 bits per heavy atom. The first-order valence-corrected chi connectivity index (χ1v) is 7.70. The first-order valence-electron chi connectivity index (χ1n) is 7.70. The van der Waals surface area contributed by atoms with Crippen LogP contribution in [0.15, 0.2) is 48.8 Å². The van der Waals surface area contributed by atoms with Crippen molar-refractivity contribution in [3.05, 3.63) is 71.0 Å². The number of pyridine rings is 1. The highest BCUT2D eigenvalue weighted by Crippen LogP contribution is 2.29. The van der Waals surface area contributed by atoms with Gasteiger partial charge in [0.2, 0.25) is 5.69 Å². The summed E-state index contributed by atoms with van der Waals surface area (Å²) in [5, 5.41) is 0. The Labute approximate surface area is 132 Å². The SMILES string of the molecule is Cc1cc(C)c(-n2ccc(C)c2-c2cccc[n+]2C)c(C)c1. The Balaban J connectivity index is 2.30. The fourth-order valence-electron chi connectivity index (χ4n) is 3.36. The zero-order valence-corrected chi connectivity index (χ0v) is 14.0. The molecule has 2 nitrogen and oxygen atoms in total. The number of aryl methyl sites for hydroxylation is 5. The van der Waals surface area contributed by atoms with Crippen molar-refractivity contribution < 1.29 is 4.57 Å². The maximum Gasteiger partial charge on any atom is 0.229 e. The van der Waals surface area contributed by atoms with E-state index in [9.17, 15) is 0 Å². The van der Waals surface area contributed by atoms with E-state index in [1.807, 2.05) is 0 Å². The van der Waals surface area contributed by atoms with Crippen LogP contribution in [0.1, 0.15) is 22.3 Å². The molecular formula is C20H23N2+. The molecule has 22 heavy (non-hydrogen) atoms. The van der Waals surface area contributed by atoms with Gasteiger partial charge in [-0.2, -0.15) is 4.57 Å². The van der Waals surface area contributed by atoms with Crippen LogP contribution < -0.4 is 4.57 Å². The van der Waals surface area contributed by atoms with Crippen LogP contribution in [-0.2, 0) is 7.05 Å². The van der Waals surface area contributed by atoms with Crippen LogP contribution >= 0.6 is 0 Å². The van der Waals surface area contributed by atoms with E-state index in [1.165, 1.54) is 39.3 Å². The van der Waals surface area contributed by atoms with Gasteiger partial charge >= 0.3 is 0 Å². The minimum absolute atomic E-state index is 1.23. The van der Waals surface area contributed by atoms with Gasteiger partial charge in [0.1, 0.15) is 12.7 Å². The average molecular weight is 291 g/mol. The molecule has 0 unspecified atom stereocenters. The molecule has 0 aliphatic carbocycles. The molecule has 0 N–H and O–H groups in total. The number of rotatable bonds is 2. The molecule has 2 heterocycles.